The molecule has 3 unspecified atom stereocenters. The fourth-order valence-electron chi connectivity index (χ4n) is 3.67. The summed E-state index contributed by atoms with van der Waals surface area (Å²) in [4.78, 5) is 26.1. The molecule has 2 N–H and O–H groups in total. The normalized spacial score (nSPS) is 25.8. The summed E-state index contributed by atoms with van der Waals surface area (Å²) in [6.45, 7) is 1.51. The number of halogens is 2. The maximum absolute atomic E-state index is 12.8. The summed E-state index contributed by atoms with van der Waals surface area (Å²) in [6, 6.07) is 5.66. The van der Waals surface area contributed by atoms with Gasteiger partial charge in [0.1, 0.15) is 5.82 Å². The molecule has 1 amide bonds. The third-order valence-corrected chi connectivity index (χ3v) is 5.00. The van der Waals surface area contributed by atoms with Gasteiger partial charge in [-0.1, -0.05) is 0 Å². The minimum absolute atomic E-state index is 0. The van der Waals surface area contributed by atoms with E-state index in [9.17, 15) is 14.0 Å². The molecule has 126 valence electrons. The van der Waals surface area contributed by atoms with Crippen LogP contribution in [0.2, 0.25) is 0 Å². The smallest absolute Gasteiger partial charge is 0.223 e. The Morgan fingerprint density at radius 1 is 1.13 bits per heavy atom. The summed E-state index contributed by atoms with van der Waals surface area (Å²) in [6.07, 6.45) is 2.54. The highest BCUT2D eigenvalue weighted by Gasteiger charge is 2.42. The molecule has 1 aromatic rings. The van der Waals surface area contributed by atoms with Gasteiger partial charge in [0.2, 0.25) is 5.91 Å². The molecule has 6 heteroatoms. The highest BCUT2D eigenvalue weighted by molar-refractivity contribution is 5.97. The Morgan fingerprint density at radius 2 is 1.83 bits per heavy atom. The van der Waals surface area contributed by atoms with Crippen LogP contribution < -0.4 is 5.73 Å². The van der Waals surface area contributed by atoms with Gasteiger partial charge < -0.3 is 10.6 Å². The number of likely N-dealkylation sites (tertiary alicyclic amines) is 1. The topological polar surface area (TPSA) is 63.4 Å². The molecular weight excluding hydrogens is 319 g/mol. The quantitative estimate of drug-likeness (QED) is 0.856. The highest BCUT2D eigenvalue weighted by Crippen LogP contribution is 2.37. The number of nitrogens with zero attached hydrogens (tertiary/aromatic N) is 1. The number of hydrogen-bond donors (Lipinski definition) is 1. The van der Waals surface area contributed by atoms with E-state index in [0.29, 0.717) is 17.4 Å². The van der Waals surface area contributed by atoms with Crippen LogP contribution in [0, 0.1) is 17.7 Å². The van der Waals surface area contributed by atoms with E-state index in [4.69, 9.17) is 5.73 Å². The molecule has 3 atom stereocenters. The van der Waals surface area contributed by atoms with E-state index in [1.165, 1.54) is 24.3 Å². The first-order valence-electron chi connectivity index (χ1n) is 7.86. The Labute approximate surface area is 141 Å². The molecular formula is C17H22ClFN2O2. The van der Waals surface area contributed by atoms with Crippen molar-refractivity contribution in [2.24, 2.45) is 17.6 Å². The van der Waals surface area contributed by atoms with Crippen molar-refractivity contribution in [2.45, 2.75) is 31.7 Å². The van der Waals surface area contributed by atoms with Crippen LogP contribution in [0.15, 0.2) is 24.3 Å². The number of fused-ring (bicyclic) bond motifs is 1. The van der Waals surface area contributed by atoms with E-state index >= 15 is 0 Å². The van der Waals surface area contributed by atoms with Crippen molar-refractivity contribution in [2.75, 3.05) is 13.1 Å². The van der Waals surface area contributed by atoms with Gasteiger partial charge in [0.15, 0.2) is 5.78 Å². The van der Waals surface area contributed by atoms with Crippen LogP contribution in [0.3, 0.4) is 0 Å². The van der Waals surface area contributed by atoms with Crippen LogP contribution in [-0.2, 0) is 4.79 Å². The summed E-state index contributed by atoms with van der Waals surface area (Å²) >= 11 is 0. The van der Waals surface area contributed by atoms with Crippen LogP contribution in [-0.4, -0.2) is 35.7 Å². The number of carbonyl (C=O) groups excluding carboxylic acids is 2. The van der Waals surface area contributed by atoms with E-state index in [1.54, 1.807) is 0 Å². The van der Waals surface area contributed by atoms with Gasteiger partial charge in [-0.2, -0.15) is 0 Å². The Balaban J connectivity index is 0.00000192. The second-order valence-corrected chi connectivity index (χ2v) is 6.39. The number of rotatable bonds is 4. The Hall–Kier alpha value is -1.46. The fourth-order valence-corrected chi connectivity index (χ4v) is 3.67. The van der Waals surface area contributed by atoms with Gasteiger partial charge >= 0.3 is 0 Å². The average Bonchev–Trinajstić information content (AvgIpc) is 3.08. The first-order valence-corrected chi connectivity index (χ1v) is 7.86. The lowest BCUT2D eigenvalue weighted by Crippen LogP contribution is -2.33. The van der Waals surface area contributed by atoms with Crippen molar-refractivity contribution in [3.63, 3.8) is 0 Å². The van der Waals surface area contributed by atoms with Gasteiger partial charge in [-0.3, -0.25) is 9.59 Å². The van der Waals surface area contributed by atoms with Gasteiger partial charge in [0.05, 0.1) is 0 Å². The van der Waals surface area contributed by atoms with Gasteiger partial charge in [-0.25, -0.2) is 4.39 Å². The zero-order valence-corrected chi connectivity index (χ0v) is 13.7. The first-order chi connectivity index (χ1) is 10.5. The molecule has 3 rings (SSSR count). The molecule has 1 saturated heterocycles. The minimum atomic E-state index is -0.368. The zero-order valence-electron chi connectivity index (χ0n) is 12.9. The minimum Gasteiger partial charge on any atom is -0.342 e. The molecule has 1 saturated carbocycles. The van der Waals surface area contributed by atoms with Crippen molar-refractivity contribution in [3.8, 4) is 0 Å². The standard InChI is InChI=1S/C17H21FN2O2.ClH/c18-13-4-1-11(2-5-13)16(21)7-8-17(22)20-9-12-3-6-15(19)14(12)10-20;/h1-2,4-5,12,14-15H,3,6-10,19H2;1H. The molecule has 0 aromatic heterocycles. The molecule has 1 heterocycles. The first kappa shape index (κ1) is 17.9. The van der Waals surface area contributed by atoms with Crippen molar-refractivity contribution >= 4 is 24.1 Å². The Morgan fingerprint density at radius 3 is 2.48 bits per heavy atom. The lowest BCUT2D eigenvalue weighted by atomic mass is 9.98. The van der Waals surface area contributed by atoms with Crippen LogP contribution in [0.25, 0.3) is 0 Å². The molecule has 2 fully saturated rings. The third-order valence-electron chi connectivity index (χ3n) is 5.00. The van der Waals surface area contributed by atoms with Gasteiger partial charge in [0, 0.05) is 37.5 Å². The van der Waals surface area contributed by atoms with Crippen LogP contribution in [0.5, 0.6) is 0 Å². The molecule has 0 spiro atoms. The third kappa shape index (κ3) is 3.90. The number of benzene rings is 1. The Bertz CT molecular complexity index is 578. The van der Waals surface area contributed by atoms with E-state index in [-0.39, 0.29) is 48.8 Å². The number of amides is 1. The van der Waals surface area contributed by atoms with E-state index in [0.717, 1.165) is 25.9 Å². The maximum Gasteiger partial charge on any atom is 0.223 e. The Kier molecular flexibility index (Phi) is 5.76. The van der Waals surface area contributed by atoms with E-state index in [1.807, 2.05) is 4.90 Å². The molecule has 2 aliphatic rings. The summed E-state index contributed by atoms with van der Waals surface area (Å²) < 4.78 is 12.8. The van der Waals surface area contributed by atoms with Crippen molar-refractivity contribution < 1.29 is 14.0 Å². The lowest BCUT2D eigenvalue weighted by molar-refractivity contribution is -0.130. The molecule has 1 aliphatic heterocycles. The van der Waals surface area contributed by atoms with Gasteiger partial charge in [-0.05, 0) is 48.9 Å². The molecule has 4 nitrogen and oxygen atoms in total. The van der Waals surface area contributed by atoms with Gasteiger partial charge in [-0.15, -0.1) is 12.4 Å². The highest BCUT2D eigenvalue weighted by atomic mass is 35.5. The van der Waals surface area contributed by atoms with E-state index in [2.05, 4.69) is 0 Å². The summed E-state index contributed by atoms with van der Waals surface area (Å²) in [5, 5.41) is 0. The van der Waals surface area contributed by atoms with Crippen LogP contribution in [0.4, 0.5) is 4.39 Å². The van der Waals surface area contributed by atoms with Crippen LogP contribution >= 0.6 is 12.4 Å². The van der Waals surface area contributed by atoms with Crippen molar-refractivity contribution in [1.29, 1.82) is 0 Å². The second kappa shape index (κ2) is 7.41. The predicted octanol–water partition coefficient (Wildman–Crippen LogP) is 2.41. The lowest BCUT2D eigenvalue weighted by Gasteiger charge is -2.18. The number of hydrogen-bond acceptors (Lipinski definition) is 3. The van der Waals surface area contributed by atoms with E-state index < -0.39 is 0 Å². The average molecular weight is 341 g/mol. The maximum atomic E-state index is 12.8. The molecule has 0 bridgehead atoms. The fraction of sp³-hybridized carbons (Fsp3) is 0.529. The molecule has 23 heavy (non-hydrogen) atoms. The largest absolute Gasteiger partial charge is 0.342 e. The molecule has 1 aliphatic carbocycles. The summed E-state index contributed by atoms with van der Waals surface area (Å²) in [5.41, 5.74) is 6.52. The predicted molar refractivity (Wildman–Crippen MR) is 88.0 cm³/mol. The number of carbonyl (C=O) groups is 2. The number of nitrogens with two attached hydrogens (primary N) is 1. The number of Topliss-reactive ketones (excluding diaryl/α,β-unsaturated/α-hetero) is 1. The SMILES string of the molecule is Cl.NC1CCC2CN(C(=O)CCC(=O)c3ccc(F)cc3)CC12. The monoisotopic (exact) mass is 340 g/mol. The summed E-state index contributed by atoms with van der Waals surface area (Å²) in [5.74, 6) is 0.498. The second-order valence-electron chi connectivity index (χ2n) is 6.39. The summed E-state index contributed by atoms with van der Waals surface area (Å²) in [7, 11) is 0. The van der Waals surface area contributed by atoms with Crippen molar-refractivity contribution in [1.82, 2.24) is 4.90 Å². The number of ketones is 1. The van der Waals surface area contributed by atoms with Gasteiger partial charge in [0.25, 0.3) is 0 Å². The van der Waals surface area contributed by atoms with Crippen molar-refractivity contribution in [3.05, 3.63) is 35.6 Å². The zero-order chi connectivity index (χ0) is 15.7. The molecule has 1 aromatic carbocycles. The molecule has 0 radical (unpaired) electrons. The van der Waals surface area contributed by atoms with Crippen LogP contribution in [0.1, 0.15) is 36.0 Å².